The fraction of sp³-hybridized carbons (Fsp3) is 0.263. The number of hydrogen-bond acceptors (Lipinski definition) is 5. The zero-order valence-corrected chi connectivity index (χ0v) is 14.0. The minimum absolute atomic E-state index is 0.133. The van der Waals surface area contributed by atoms with Crippen molar-refractivity contribution in [3.8, 4) is 16.9 Å². The molecule has 1 aliphatic rings. The first-order valence-corrected chi connectivity index (χ1v) is 8.11. The van der Waals surface area contributed by atoms with Crippen molar-refractivity contribution in [1.82, 2.24) is 4.90 Å². The number of carbonyl (C=O) groups is 2. The Kier molecular flexibility index (Phi) is 5.00. The molecule has 25 heavy (non-hydrogen) atoms. The number of anilines is 1. The lowest BCUT2D eigenvalue weighted by Crippen LogP contribution is -2.39. The molecule has 0 aromatic heterocycles. The van der Waals surface area contributed by atoms with Gasteiger partial charge in [0.1, 0.15) is 5.75 Å². The van der Waals surface area contributed by atoms with Crippen LogP contribution in [0.2, 0.25) is 0 Å². The third-order valence-electron chi connectivity index (χ3n) is 4.28. The molecule has 2 aromatic rings. The summed E-state index contributed by atoms with van der Waals surface area (Å²) in [6.45, 7) is 0.244. The number of nitrogens with one attached hydrogen (secondary N) is 1. The topological polar surface area (TPSA) is 81.7 Å². The summed E-state index contributed by atoms with van der Waals surface area (Å²) in [7, 11) is 1.58. The first-order valence-electron chi connectivity index (χ1n) is 8.11. The summed E-state index contributed by atoms with van der Waals surface area (Å²) in [5.41, 5.74) is 4.78. The lowest BCUT2D eigenvalue weighted by molar-refractivity contribution is -0.148. The number of hydrogen-bond donors (Lipinski definition) is 1. The van der Waals surface area contributed by atoms with Crippen molar-refractivity contribution < 1.29 is 14.3 Å². The number of piperidine rings is 1. The Morgan fingerprint density at radius 2 is 1.88 bits per heavy atom. The van der Waals surface area contributed by atoms with Crippen LogP contribution < -0.4 is 10.2 Å². The van der Waals surface area contributed by atoms with E-state index in [0.29, 0.717) is 30.7 Å². The summed E-state index contributed by atoms with van der Waals surface area (Å²) < 4.78 is 5.41. The molecule has 0 bridgehead atoms. The SMILES string of the molecule is COc1ccc(CN2C(=O)CCCC2=O)cc1-c1cccc(N[O-])c1. The average Bonchev–Trinajstić information content (AvgIpc) is 2.64. The second kappa shape index (κ2) is 7.36. The molecule has 3 rings (SSSR count). The molecular weight excluding hydrogens is 320 g/mol. The van der Waals surface area contributed by atoms with Crippen LogP contribution >= 0.6 is 0 Å². The van der Waals surface area contributed by atoms with Crippen LogP contribution in [0.4, 0.5) is 5.69 Å². The van der Waals surface area contributed by atoms with Gasteiger partial charge >= 0.3 is 0 Å². The molecule has 2 aromatic carbocycles. The lowest BCUT2D eigenvalue weighted by Gasteiger charge is -2.25. The van der Waals surface area contributed by atoms with Gasteiger partial charge in [0.25, 0.3) is 0 Å². The molecule has 130 valence electrons. The number of likely N-dealkylation sites (tertiary alicyclic amines) is 1. The Morgan fingerprint density at radius 3 is 2.56 bits per heavy atom. The van der Waals surface area contributed by atoms with Gasteiger partial charge in [-0.1, -0.05) is 18.2 Å². The normalized spacial score (nSPS) is 14.6. The van der Waals surface area contributed by atoms with Gasteiger partial charge in [-0.2, -0.15) is 0 Å². The van der Waals surface area contributed by atoms with Crippen LogP contribution in [0.15, 0.2) is 42.5 Å². The zero-order chi connectivity index (χ0) is 17.8. The van der Waals surface area contributed by atoms with Crippen molar-refractivity contribution in [1.29, 1.82) is 0 Å². The summed E-state index contributed by atoms with van der Waals surface area (Å²) in [6.07, 6.45) is 1.44. The van der Waals surface area contributed by atoms with E-state index in [2.05, 4.69) is 0 Å². The molecule has 6 heteroatoms. The molecule has 0 saturated carbocycles. The summed E-state index contributed by atoms with van der Waals surface area (Å²) in [5, 5.41) is 10.9. The zero-order valence-electron chi connectivity index (χ0n) is 14.0. The van der Waals surface area contributed by atoms with Crippen LogP contribution in [-0.2, 0) is 16.1 Å². The van der Waals surface area contributed by atoms with Crippen LogP contribution in [-0.4, -0.2) is 23.8 Å². The van der Waals surface area contributed by atoms with E-state index < -0.39 is 0 Å². The largest absolute Gasteiger partial charge is 0.761 e. The number of methoxy groups -OCH3 is 1. The number of rotatable bonds is 5. The van der Waals surface area contributed by atoms with Gasteiger partial charge in [-0.05, 0) is 41.8 Å². The molecule has 1 saturated heterocycles. The van der Waals surface area contributed by atoms with Crippen LogP contribution in [0, 0.1) is 5.21 Å². The van der Waals surface area contributed by atoms with Crippen molar-refractivity contribution in [3.63, 3.8) is 0 Å². The third kappa shape index (κ3) is 3.64. The van der Waals surface area contributed by atoms with Gasteiger partial charge in [-0.25, -0.2) is 0 Å². The van der Waals surface area contributed by atoms with Gasteiger partial charge in [0.2, 0.25) is 11.8 Å². The van der Waals surface area contributed by atoms with E-state index in [0.717, 1.165) is 16.7 Å². The number of imide groups is 1. The lowest BCUT2D eigenvalue weighted by atomic mass is 10.0. The molecule has 1 fully saturated rings. The number of benzene rings is 2. The number of carbonyl (C=O) groups excluding carboxylic acids is 2. The highest BCUT2D eigenvalue weighted by Crippen LogP contribution is 2.33. The molecule has 0 spiro atoms. The second-order valence-electron chi connectivity index (χ2n) is 5.94. The molecule has 2 amide bonds. The predicted molar refractivity (Wildman–Crippen MR) is 94.8 cm³/mol. The minimum atomic E-state index is -0.133. The van der Waals surface area contributed by atoms with Crippen LogP contribution in [0.1, 0.15) is 24.8 Å². The van der Waals surface area contributed by atoms with E-state index in [-0.39, 0.29) is 18.4 Å². The second-order valence-corrected chi connectivity index (χ2v) is 5.94. The van der Waals surface area contributed by atoms with Crippen LogP contribution in [0.5, 0.6) is 5.75 Å². The molecule has 1 heterocycles. The van der Waals surface area contributed by atoms with Crippen molar-refractivity contribution in [2.75, 3.05) is 12.6 Å². The predicted octanol–water partition coefficient (Wildman–Crippen LogP) is 3.31. The summed E-state index contributed by atoms with van der Waals surface area (Å²) in [4.78, 5) is 25.3. The highest BCUT2D eigenvalue weighted by Gasteiger charge is 2.26. The Bertz CT molecular complexity index is 788. The summed E-state index contributed by atoms with van der Waals surface area (Å²) >= 11 is 0. The maximum absolute atomic E-state index is 12.0. The maximum atomic E-state index is 12.0. The molecular formula is C19H19N2O4-. The Morgan fingerprint density at radius 1 is 1.12 bits per heavy atom. The maximum Gasteiger partial charge on any atom is 0.229 e. The van der Waals surface area contributed by atoms with Gasteiger partial charge in [0, 0.05) is 24.1 Å². The average molecular weight is 339 g/mol. The van der Waals surface area contributed by atoms with Crippen molar-refractivity contribution in [2.45, 2.75) is 25.8 Å². The van der Waals surface area contributed by atoms with Crippen molar-refractivity contribution >= 4 is 17.5 Å². The molecule has 0 atom stereocenters. The van der Waals surface area contributed by atoms with E-state index in [4.69, 9.17) is 4.74 Å². The first-order chi connectivity index (χ1) is 12.1. The van der Waals surface area contributed by atoms with Gasteiger partial charge in [-0.3, -0.25) is 14.5 Å². The molecule has 1 aliphatic heterocycles. The smallest absolute Gasteiger partial charge is 0.229 e. The van der Waals surface area contributed by atoms with Crippen LogP contribution in [0.25, 0.3) is 11.1 Å². The van der Waals surface area contributed by atoms with E-state index >= 15 is 0 Å². The van der Waals surface area contributed by atoms with Crippen molar-refractivity contribution in [2.24, 2.45) is 0 Å². The highest BCUT2D eigenvalue weighted by molar-refractivity contribution is 5.97. The summed E-state index contributed by atoms with van der Waals surface area (Å²) in [6, 6.07) is 12.6. The molecule has 1 N–H and O–H groups in total. The monoisotopic (exact) mass is 339 g/mol. The first kappa shape index (κ1) is 17.0. The summed E-state index contributed by atoms with van der Waals surface area (Å²) in [5.74, 6) is 0.389. The number of amides is 2. The van der Waals surface area contributed by atoms with Crippen LogP contribution in [0.3, 0.4) is 0 Å². The fourth-order valence-corrected chi connectivity index (χ4v) is 2.99. The highest BCUT2D eigenvalue weighted by atomic mass is 16.5. The van der Waals surface area contributed by atoms with E-state index in [9.17, 15) is 14.8 Å². The molecule has 0 aliphatic carbocycles. The Labute approximate surface area is 146 Å². The minimum Gasteiger partial charge on any atom is -0.761 e. The van der Waals surface area contributed by atoms with E-state index in [1.807, 2.05) is 23.7 Å². The Hall–Kier alpha value is -2.86. The van der Waals surface area contributed by atoms with Gasteiger partial charge in [-0.15, -0.1) is 0 Å². The Balaban J connectivity index is 1.94. The van der Waals surface area contributed by atoms with E-state index in [1.54, 1.807) is 31.4 Å². The van der Waals surface area contributed by atoms with E-state index in [1.165, 1.54) is 4.90 Å². The van der Waals surface area contributed by atoms with Gasteiger partial charge in [0.05, 0.1) is 13.7 Å². The van der Waals surface area contributed by atoms with Gasteiger partial charge in [0.15, 0.2) is 0 Å². The molecule has 0 unspecified atom stereocenters. The quantitative estimate of drug-likeness (QED) is 0.667. The van der Waals surface area contributed by atoms with Crippen molar-refractivity contribution in [3.05, 3.63) is 53.2 Å². The fourth-order valence-electron chi connectivity index (χ4n) is 2.99. The number of nitrogens with zero attached hydrogens (tertiary/aromatic N) is 1. The van der Waals surface area contributed by atoms with Gasteiger partial charge < -0.3 is 15.4 Å². The number of ether oxygens (including phenoxy) is 1. The molecule has 0 radical (unpaired) electrons. The standard InChI is InChI=1S/C19H19N2O4/c1-25-17-9-8-13(12-21-18(22)6-3-7-19(21)23)10-16(17)14-4-2-5-15(11-14)20-24/h2,4-5,8-11,20H,3,6-7,12H2,1H3/q-1. The third-order valence-corrected chi connectivity index (χ3v) is 4.28. The molecule has 6 nitrogen and oxygen atoms in total.